The summed E-state index contributed by atoms with van der Waals surface area (Å²) in [5.41, 5.74) is 0. The Hall–Kier alpha value is -0.610. The first-order valence-electron chi connectivity index (χ1n) is 6.28. The number of nitrogens with zero attached hydrogens (tertiary/aromatic N) is 1. The second kappa shape index (κ2) is 6.86. The van der Waals surface area contributed by atoms with Crippen LogP contribution in [0.2, 0.25) is 0 Å². The van der Waals surface area contributed by atoms with Crippen molar-refractivity contribution in [3.63, 3.8) is 0 Å². The molecule has 1 rings (SSSR count). The predicted octanol–water partition coefficient (Wildman–Crippen LogP) is 1.17. The normalized spacial score (nSPS) is 20.9. The lowest BCUT2D eigenvalue weighted by atomic mass is 9.96. The molecule has 1 saturated heterocycles. The molecule has 1 unspecified atom stereocenters. The van der Waals surface area contributed by atoms with Crippen molar-refractivity contribution < 1.29 is 9.90 Å². The van der Waals surface area contributed by atoms with E-state index in [1.54, 1.807) is 0 Å². The number of hydrogen-bond acceptors (Lipinski definition) is 3. The Labute approximate surface area is 98.0 Å². The van der Waals surface area contributed by atoms with Gasteiger partial charge in [0, 0.05) is 0 Å². The monoisotopic (exact) mass is 228 g/mol. The van der Waals surface area contributed by atoms with Crippen LogP contribution < -0.4 is 5.32 Å². The molecule has 0 amide bonds. The Morgan fingerprint density at radius 2 is 2.12 bits per heavy atom. The highest BCUT2D eigenvalue weighted by Gasteiger charge is 2.20. The third kappa shape index (κ3) is 4.49. The van der Waals surface area contributed by atoms with Gasteiger partial charge in [-0.15, -0.1) is 0 Å². The second-order valence-electron chi connectivity index (χ2n) is 4.83. The first-order valence-corrected chi connectivity index (χ1v) is 6.28. The molecule has 0 spiro atoms. The number of carboxylic acids is 1. The lowest BCUT2D eigenvalue weighted by molar-refractivity contribution is -0.139. The molecule has 4 heteroatoms. The molecule has 16 heavy (non-hydrogen) atoms. The van der Waals surface area contributed by atoms with E-state index in [9.17, 15) is 4.79 Å². The Kier molecular flexibility index (Phi) is 5.77. The van der Waals surface area contributed by atoms with Gasteiger partial charge in [-0.3, -0.25) is 4.79 Å². The summed E-state index contributed by atoms with van der Waals surface area (Å²) in [6.45, 7) is 5.15. The molecule has 2 N–H and O–H groups in total. The van der Waals surface area contributed by atoms with Crippen LogP contribution in [-0.2, 0) is 4.79 Å². The fraction of sp³-hybridized carbons (Fsp3) is 0.917. The third-order valence-electron chi connectivity index (χ3n) is 3.37. The van der Waals surface area contributed by atoms with E-state index in [1.807, 2.05) is 6.92 Å². The van der Waals surface area contributed by atoms with E-state index in [-0.39, 0.29) is 6.04 Å². The summed E-state index contributed by atoms with van der Waals surface area (Å²) in [5, 5.41) is 12.2. The van der Waals surface area contributed by atoms with Crippen LogP contribution in [0.5, 0.6) is 0 Å². The summed E-state index contributed by atoms with van der Waals surface area (Å²) >= 11 is 0. The molecule has 0 aliphatic carbocycles. The second-order valence-corrected chi connectivity index (χ2v) is 4.83. The minimum absolute atomic E-state index is 0.357. The van der Waals surface area contributed by atoms with Crippen molar-refractivity contribution in [2.24, 2.45) is 5.92 Å². The fourth-order valence-electron chi connectivity index (χ4n) is 2.18. The van der Waals surface area contributed by atoms with E-state index in [4.69, 9.17) is 5.11 Å². The van der Waals surface area contributed by atoms with E-state index in [0.29, 0.717) is 5.92 Å². The average molecular weight is 228 g/mol. The molecule has 1 heterocycles. The lowest BCUT2D eigenvalue weighted by Gasteiger charge is -2.29. The third-order valence-corrected chi connectivity index (χ3v) is 3.37. The maximum atomic E-state index is 10.9. The topological polar surface area (TPSA) is 52.6 Å². The molecule has 0 aromatic heterocycles. The zero-order chi connectivity index (χ0) is 12.0. The molecule has 0 aromatic carbocycles. The highest BCUT2D eigenvalue weighted by Crippen LogP contribution is 2.15. The number of piperidine rings is 1. The molecule has 94 valence electrons. The Bertz CT molecular complexity index is 213. The van der Waals surface area contributed by atoms with Gasteiger partial charge in [0.2, 0.25) is 0 Å². The molecule has 1 aliphatic heterocycles. The van der Waals surface area contributed by atoms with Crippen molar-refractivity contribution in [1.82, 2.24) is 10.2 Å². The van der Waals surface area contributed by atoms with Crippen molar-refractivity contribution in [2.75, 3.05) is 26.7 Å². The van der Waals surface area contributed by atoms with Crippen molar-refractivity contribution >= 4 is 5.97 Å². The SMILES string of the molecule is CCCC(NCC1CCN(C)CC1)C(=O)O. The van der Waals surface area contributed by atoms with Gasteiger partial charge in [0.1, 0.15) is 6.04 Å². The zero-order valence-electron chi connectivity index (χ0n) is 10.4. The minimum Gasteiger partial charge on any atom is -0.480 e. The average Bonchev–Trinajstić information content (AvgIpc) is 2.26. The molecule has 4 nitrogen and oxygen atoms in total. The van der Waals surface area contributed by atoms with Gasteiger partial charge in [-0.25, -0.2) is 0 Å². The number of carboxylic acid groups (broad SMARTS) is 1. The van der Waals surface area contributed by atoms with Crippen molar-refractivity contribution in [1.29, 1.82) is 0 Å². The molecular formula is C12H24N2O2. The van der Waals surface area contributed by atoms with Gasteiger partial charge >= 0.3 is 5.97 Å². The number of aliphatic carboxylic acids is 1. The van der Waals surface area contributed by atoms with Gasteiger partial charge in [0.15, 0.2) is 0 Å². The Morgan fingerprint density at radius 3 is 2.62 bits per heavy atom. The number of carbonyl (C=O) groups is 1. The molecular weight excluding hydrogens is 204 g/mol. The maximum Gasteiger partial charge on any atom is 0.320 e. The molecule has 0 bridgehead atoms. The first kappa shape index (κ1) is 13.5. The van der Waals surface area contributed by atoms with Crippen LogP contribution in [0.4, 0.5) is 0 Å². The first-order chi connectivity index (χ1) is 7.63. The van der Waals surface area contributed by atoms with E-state index < -0.39 is 5.97 Å². The molecule has 1 fully saturated rings. The molecule has 1 atom stereocenters. The quantitative estimate of drug-likeness (QED) is 0.716. The number of likely N-dealkylation sites (tertiary alicyclic amines) is 1. The van der Waals surface area contributed by atoms with Gasteiger partial charge in [0.05, 0.1) is 0 Å². The number of hydrogen-bond donors (Lipinski definition) is 2. The Morgan fingerprint density at radius 1 is 1.50 bits per heavy atom. The Balaban J connectivity index is 2.23. The van der Waals surface area contributed by atoms with Gasteiger partial charge in [0.25, 0.3) is 0 Å². The van der Waals surface area contributed by atoms with E-state index >= 15 is 0 Å². The smallest absolute Gasteiger partial charge is 0.320 e. The summed E-state index contributed by atoms with van der Waals surface area (Å²) in [7, 11) is 2.14. The molecule has 0 saturated carbocycles. The summed E-state index contributed by atoms with van der Waals surface area (Å²) in [6.07, 6.45) is 4.00. The maximum absolute atomic E-state index is 10.9. The highest BCUT2D eigenvalue weighted by molar-refractivity contribution is 5.73. The molecule has 0 aromatic rings. The van der Waals surface area contributed by atoms with Gasteiger partial charge < -0.3 is 15.3 Å². The van der Waals surface area contributed by atoms with Crippen LogP contribution in [0.15, 0.2) is 0 Å². The number of nitrogens with one attached hydrogen (secondary N) is 1. The van der Waals surface area contributed by atoms with Crippen LogP contribution >= 0.6 is 0 Å². The highest BCUT2D eigenvalue weighted by atomic mass is 16.4. The minimum atomic E-state index is -0.713. The zero-order valence-corrected chi connectivity index (χ0v) is 10.4. The van der Waals surface area contributed by atoms with E-state index in [0.717, 1.165) is 32.5 Å². The largest absolute Gasteiger partial charge is 0.480 e. The van der Waals surface area contributed by atoms with Gasteiger partial charge in [-0.1, -0.05) is 13.3 Å². The van der Waals surface area contributed by atoms with Crippen LogP contribution in [0, 0.1) is 5.92 Å². The van der Waals surface area contributed by atoms with Crippen LogP contribution in [0.1, 0.15) is 32.6 Å². The standard InChI is InChI=1S/C12H24N2O2/c1-3-4-11(12(15)16)13-9-10-5-7-14(2)8-6-10/h10-11,13H,3-9H2,1-2H3,(H,15,16). The summed E-state index contributed by atoms with van der Waals surface area (Å²) in [5.74, 6) is -0.0651. The molecule has 1 aliphatic rings. The van der Waals surface area contributed by atoms with Crippen LogP contribution in [-0.4, -0.2) is 48.7 Å². The molecule has 0 radical (unpaired) electrons. The van der Waals surface area contributed by atoms with Gasteiger partial charge in [-0.05, 0) is 51.9 Å². The van der Waals surface area contributed by atoms with E-state index in [1.165, 1.54) is 12.8 Å². The van der Waals surface area contributed by atoms with Crippen LogP contribution in [0.25, 0.3) is 0 Å². The van der Waals surface area contributed by atoms with E-state index in [2.05, 4.69) is 17.3 Å². The summed E-state index contributed by atoms with van der Waals surface area (Å²) in [4.78, 5) is 13.3. The van der Waals surface area contributed by atoms with Crippen molar-refractivity contribution in [3.8, 4) is 0 Å². The summed E-state index contributed by atoms with van der Waals surface area (Å²) in [6, 6.07) is -0.357. The lowest BCUT2D eigenvalue weighted by Crippen LogP contribution is -2.42. The van der Waals surface area contributed by atoms with Crippen LogP contribution in [0.3, 0.4) is 0 Å². The van der Waals surface area contributed by atoms with Crippen molar-refractivity contribution in [3.05, 3.63) is 0 Å². The summed E-state index contributed by atoms with van der Waals surface area (Å²) < 4.78 is 0. The number of rotatable bonds is 6. The van der Waals surface area contributed by atoms with Crippen molar-refractivity contribution in [2.45, 2.75) is 38.6 Å². The predicted molar refractivity (Wildman–Crippen MR) is 64.6 cm³/mol. The van der Waals surface area contributed by atoms with Gasteiger partial charge in [-0.2, -0.15) is 0 Å². The fourth-order valence-corrected chi connectivity index (χ4v) is 2.18.